The molecule has 0 saturated carbocycles. The molecule has 18 heavy (non-hydrogen) atoms. The lowest BCUT2D eigenvalue weighted by Crippen LogP contribution is -2.34. The van der Waals surface area contributed by atoms with Crippen LogP contribution in [-0.4, -0.2) is 33.0 Å². The Morgan fingerprint density at radius 2 is 2.00 bits per heavy atom. The molecule has 0 spiro atoms. The molecule has 1 saturated heterocycles. The molecule has 0 unspecified atom stereocenters. The van der Waals surface area contributed by atoms with Gasteiger partial charge in [0.25, 0.3) is 5.56 Å². The molecule has 94 valence electrons. The topological polar surface area (TPSA) is 74.8 Å². The maximum atomic E-state index is 12.0. The Bertz CT molecular complexity index is 630. The third kappa shape index (κ3) is 1.94. The van der Waals surface area contributed by atoms with Gasteiger partial charge in [-0.1, -0.05) is 0 Å². The number of rotatable bonds is 1. The maximum absolute atomic E-state index is 12.0. The largest absolute Gasteiger partial charge is 0.352 e. The normalized spacial score (nSPS) is 16.2. The Morgan fingerprint density at radius 1 is 1.22 bits per heavy atom. The molecule has 2 aromatic heterocycles. The summed E-state index contributed by atoms with van der Waals surface area (Å²) in [6, 6.07) is 0. The van der Waals surface area contributed by atoms with Crippen LogP contribution in [-0.2, 0) is 0 Å². The summed E-state index contributed by atoms with van der Waals surface area (Å²) >= 11 is 0. The van der Waals surface area contributed by atoms with Crippen LogP contribution in [0.5, 0.6) is 0 Å². The lowest BCUT2D eigenvalue weighted by molar-refractivity contribution is 0.572. The van der Waals surface area contributed by atoms with Gasteiger partial charge in [-0.2, -0.15) is 0 Å². The third-order valence-electron chi connectivity index (χ3n) is 3.21. The van der Waals surface area contributed by atoms with Crippen molar-refractivity contribution in [2.24, 2.45) is 0 Å². The van der Waals surface area contributed by atoms with Crippen LogP contribution < -0.4 is 10.5 Å². The first kappa shape index (κ1) is 11.1. The second-order valence-electron chi connectivity index (χ2n) is 4.59. The number of hydrogen-bond donors (Lipinski definition) is 1. The molecule has 0 aromatic carbocycles. The molecule has 0 atom stereocenters. The van der Waals surface area contributed by atoms with Crippen LogP contribution in [0, 0.1) is 6.92 Å². The van der Waals surface area contributed by atoms with Crippen LogP contribution in [0.4, 0.5) is 5.82 Å². The molecule has 0 radical (unpaired) electrons. The van der Waals surface area contributed by atoms with Gasteiger partial charge in [-0.05, 0) is 26.2 Å². The summed E-state index contributed by atoms with van der Waals surface area (Å²) in [6.07, 6.45) is 5.05. The number of nitrogens with zero attached hydrogens (tertiary/aromatic N) is 4. The Morgan fingerprint density at radius 3 is 2.78 bits per heavy atom. The van der Waals surface area contributed by atoms with Crippen molar-refractivity contribution < 1.29 is 0 Å². The number of aromatic nitrogens is 4. The number of aromatic amines is 1. The minimum Gasteiger partial charge on any atom is -0.352 e. The highest BCUT2D eigenvalue weighted by Crippen LogP contribution is 2.15. The van der Waals surface area contributed by atoms with Gasteiger partial charge in [-0.3, -0.25) is 4.79 Å². The van der Waals surface area contributed by atoms with Crippen molar-refractivity contribution in [2.75, 3.05) is 18.0 Å². The van der Waals surface area contributed by atoms with E-state index in [2.05, 4.69) is 19.9 Å². The van der Waals surface area contributed by atoms with E-state index in [0.29, 0.717) is 22.8 Å². The molecular formula is C12H15N5O. The van der Waals surface area contributed by atoms with Crippen molar-refractivity contribution >= 4 is 17.0 Å². The first-order chi connectivity index (χ1) is 8.74. The van der Waals surface area contributed by atoms with Crippen LogP contribution in [0.25, 0.3) is 11.2 Å². The highest BCUT2D eigenvalue weighted by molar-refractivity contribution is 5.70. The summed E-state index contributed by atoms with van der Waals surface area (Å²) in [6.45, 7) is 3.60. The Labute approximate surface area is 104 Å². The first-order valence-corrected chi connectivity index (χ1v) is 6.23. The molecule has 2 aromatic rings. The van der Waals surface area contributed by atoms with Crippen LogP contribution in [0.2, 0.25) is 0 Å². The van der Waals surface area contributed by atoms with Crippen molar-refractivity contribution in [2.45, 2.75) is 26.2 Å². The Kier molecular flexibility index (Phi) is 2.70. The van der Waals surface area contributed by atoms with Gasteiger partial charge in [-0.15, -0.1) is 0 Å². The SMILES string of the molecule is Cc1ncc2[nH]c(=O)c(N3CCCCC3)nc2n1. The van der Waals surface area contributed by atoms with E-state index >= 15 is 0 Å². The van der Waals surface area contributed by atoms with E-state index in [1.165, 1.54) is 6.42 Å². The van der Waals surface area contributed by atoms with Gasteiger partial charge in [0.05, 0.1) is 6.20 Å². The van der Waals surface area contributed by atoms with Crippen molar-refractivity contribution in [1.82, 2.24) is 19.9 Å². The smallest absolute Gasteiger partial charge is 0.291 e. The Balaban J connectivity index is 2.10. The van der Waals surface area contributed by atoms with Gasteiger partial charge >= 0.3 is 0 Å². The predicted molar refractivity (Wildman–Crippen MR) is 68.8 cm³/mol. The number of fused-ring (bicyclic) bond motifs is 1. The summed E-state index contributed by atoms with van der Waals surface area (Å²) in [5.41, 5.74) is 0.992. The van der Waals surface area contributed by atoms with Crippen LogP contribution in [0.15, 0.2) is 11.0 Å². The monoisotopic (exact) mass is 245 g/mol. The molecule has 3 rings (SSSR count). The number of piperidine rings is 1. The van der Waals surface area contributed by atoms with E-state index < -0.39 is 0 Å². The third-order valence-corrected chi connectivity index (χ3v) is 3.21. The average Bonchev–Trinajstić information content (AvgIpc) is 2.39. The minimum absolute atomic E-state index is 0.156. The lowest BCUT2D eigenvalue weighted by Gasteiger charge is -2.26. The molecule has 6 nitrogen and oxygen atoms in total. The molecule has 0 aliphatic carbocycles. The number of hydrogen-bond acceptors (Lipinski definition) is 5. The van der Waals surface area contributed by atoms with Crippen molar-refractivity contribution in [3.63, 3.8) is 0 Å². The van der Waals surface area contributed by atoms with Crippen molar-refractivity contribution in [3.05, 3.63) is 22.4 Å². The van der Waals surface area contributed by atoms with Gasteiger partial charge in [-0.25, -0.2) is 15.0 Å². The van der Waals surface area contributed by atoms with Crippen LogP contribution in [0.1, 0.15) is 25.1 Å². The predicted octanol–water partition coefficient (Wildman–Crippen LogP) is 1.01. The highest BCUT2D eigenvalue weighted by Gasteiger charge is 2.16. The summed E-state index contributed by atoms with van der Waals surface area (Å²) < 4.78 is 0. The van der Waals surface area contributed by atoms with Crippen molar-refractivity contribution in [1.29, 1.82) is 0 Å². The molecule has 1 fully saturated rings. The number of H-pyrrole nitrogens is 1. The highest BCUT2D eigenvalue weighted by atomic mass is 16.1. The molecule has 3 heterocycles. The minimum atomic E-state index is -0.156. The summed E-state index contributed by atoms with van der Waals surface area (Å²) in [7, 11) is 0. The van der Waals surface area contributed by atoms with Gasteiger partial charge in [0.15, 0.2) is 11.5 Å². The molecule has 1 aliphatic rings. The maximum Gasteiger partial charge on any atom is 0.291 e. The molecule has 1 aliphatic heterocycles. The van der Waals surface area contributed by atoms with E-state index in [4.69, 9.17) is 0 Å². The van der Waals surface area contributed by atoms with E-state index in [0.717, 1.165) is 25.9 Å². The molecular weight excluding hydrogens is 230 g/mol. The van der Waals surface area contributed by atoms with Gasteiger partial charge in [0.2, 0.25) is 0 Å². The van der Waals surface area contributed by atoms with E-state index in [-0.39, 0.29) is 5.56 Å². The summed E-state index contributed by atoms with van der Waals surface area (Å²) in [5, 5.41) is 0. The lowest BCUT2D eigenvalue weighted by atomic mass is 10.1. The fourth-order valence-corrected chi connectivity index (χ4v) is 2.28. The van der Waals surface area contributed by atoms with E-state index in [1.54, 1.807) is 6.20 Å². The summed E-state index contributed by atoms with van der Waals surface area (Å²) in [5.74, 6) is 1.15. The average molecular weight is 245 g/mol. The fourth-order valence-electron chi connectivity index (χ4n) is 2.28. The molecule has 6 heteroatoms. The van der Waals surface area contributed by atoms with Crippen LogP contribution >= 0.6 is 0 Å². The zero-order valence-corrected chi connectivity index (χ0v) is 10.3. The van der Waals surface area contributed by atoms with Crippen LogP contribution in [0.3, 0.4) is 0 Å². The number of nitrogens with one attached hydrogen (secondary N) is 1. The summed E-state index contributed by atoms with van der Waals surface area (Å²) in [4.78, 5) is 29.5. The zero-order chi connectivity index (χ0) is 12.5. The number of anilines is 1. The van der Waals surface area contributed by atoms with Gasteiger partial charge < -0.3 is 9.88 Å². The standard InChI is InChI=1S/C12H15N5O/c1-8-13-7-9-10(14-8)16-11(12(18)15-9)17-5-3-2-4-6-17/h7H,2-6H2,1H3,(H,15,18). The number of aryl methyl sites for hydroxylation is 1. The van der Waals surface area contributed by atoms with E-state index in [9.17, 15) is 4.79 Å². The first-order valence-electron chi connectivity index (χ1n) is 6.23. The van der Waals surface area contributed by atoms with E-state index in [1.807, 2.05) is 11.8 Å². The Hall–Kier alpha value is -1.98. The van der Waals surface area contributed by atoms with Crippen molar-refractivity contribution in [3.8, 4) is 0 Å². The molecule has 0 amide bonds. The second kappa shape index (κ2) is 4.36. The quantitative estimate of drug-likeness (QED) is 0.811. The second-order valence-corrected chi connectivity index (χ2v) is 4.59. The fraction of sp³-hybridized carbons (Fsp3) is 0.500. The molecule has 1 N–H and O–H groups in total. The molecule has 0 bridgehead atoms. The van der Waals surface area contributed by atoms with Gasteiger partial charge in [0, 0.05) is 13.1 Å². The van der Waals surface area contributed by atoms with Gasteiger partial charge in [0.1, 0.15) is 11.3 Å². The zero-order valence-electron chi connectivity index (χ0n) is 10.3.